The van der Waals surface area contributed by atoms with E-state index in [-0.39, 0.29) is 0 Å². The number of hydrogen-bond donors (Lipinski definition) is 1. The summed E-state index contributed by atoms with van der Waals surface area (Å²) in [6.07, 6.45) is 1.19. The van der Waals surface area contributed by atoms with E-state index in [9.17, 15) is 0 Å². The molecule has 13 heavy (non-hydrogen) atoms. The molecule has 0 saturated carbocycles. The van der Waals surface area contributed by atoms with Crippen molar-refractivity contribution in [1.82, 2.24) is 15.1 Å². The van der Waals surface area contributed by atoms with Gasteiger partial charge in [0.05, 0.1) is 0 Å². The van der Waals surface area contributed by atoms with Gasteiger partial charge in [-0.15, -0.1) is 10.2 Å². The average molecular weight is 263 g/mol. The Morgan fingerprint density at radius 1 is 1.62 bits per heavy atom. The monoisotopic (exact) mass is 262 g/mol. The van der Waals surface area contributed by atoms with E-state index in [4.69, 9.17) is 0 Å². The van der Waals surface area contributed by atoms with Crippen LogP contribution in [0.25, 0.3) is 0 Å². The number of likely N-dealkylation sites (N-methyl/N-ethyl adjacent to an activating group) is 1. The van der Waals surface area contributed by atoms with Crippen molar-refractivity contribution in [3.8, 4) is 0 Å². The van der Waals surface area contributed by atoms with E-state index < -0.39 is 0 Å². The lowest BCUT2D eigenvalue weighted by Crippen LogP contribution is -2.23. The summed E-state index contributed by atoms with van der Waals surface area (Å²) in [6, 6.07) is 0.532. The summed E-state index contributed by atoms with van der Waals surface area (Å²) in [4.78, 5) is 2.31. The first-order chi connectivity index (χ1) is 6.24. The zero-order valence-electron chi connectivity index (χ0n) is 7.33. The van der Waals surface area contributed by atoms with Crippen molar-refractivity contribution in [3.05, 3.63) is 3.92 Å². The molecular weight excluding hydrogens is 252 g/mol. The van der Waals surface area contributed by atoms with Crippen molar-refractivity contribution >= 4 is 32.4 Å². The van der Waals surface area contributed by atoms with Crippen LogP contribution >= 0.6 is 27.3 Å². The maximum atomic E-state index is 4.00. The van der Waals surface area contributed by atoms with E-state index >= 15 is 0 Å². The van der Waals surface area contributed by atoms with Gasteiger partial charge in [-0.1, -0.05) is 11.3 Å². The van der Waals surface area contributed by atoms with Gasteiger partial charge < -0.3 is 10.2 Å². The van der Waals surface area contributed by atoms with E-state index in [0.29, 0.717) is 6.04 Å². The molecule has 6 heteroatoms. The second-order valence-electron chi connectivity index (χ2n) is 3.25. The lowest BCUT2D eigenvalue weighted by molar-refractivity contribution is 0.414. The quantitative estimate of drug-likeness (QED) is 0.876. The van der Waals surface area contributed by atoms with E-state index in [0.717, 1.165) is 22.1 Å². The predicted molar refractivity (Wildman–Crippen MR) is 57.1 cm³/mol. The highest BCUT2D eigenvalue weighted by Gasteiger charge is 2.19. The third-order valence-electron chi connectivity index (χ3n) is 2.12. The normalized spacial score (nSPS) is 23.7. The standard InChI is InChI=1S/C7H11BrN4S/c1-12-3-2-5(4-12)9-7-11-10-6(8)13-7/h5H,2-4H2,1H3,(H,9,11). The van der Waals surface area contributed by atoms with Gasteiger partial charge in [-0.25, -0.2) is 0 Å². The van der Waals surface area contributed by atoms with Gasteiger partial charge in [0.2, 0.25) is 5.13 Å². The van der Waals surface area contributed by atoms with Crippen LogP contribution in [0.3, 0.4) is 0 Å². The van der Waals surface area contributed by atoms with Crippen molar-refractivity contribution in [2.24, 2.45) is 0 Å². The number of likely N-dealkylation sites (tertiary alicyclic amines) is 1. The van der Waals surface area contributed by atoms with Crippen molar-refractivity contribution in [2.45, 2.75) is 12.5 Å². The molecule has 0 aromatic carbocycles. The molecule has 0 aliphatic carbocycles. The van der Waals surface area contributed by atoms with Crippen molar-refractivity contribution in [2.75, 3.05) is 25.5 Å². The van der Waals surface area contributed by atoms with Crippen LogP contribution in [-0.4, -0.2) is 41.3 Å². The Hall–Kier alpha value is -0.200. The molecule has 4 nitrogen and oxygen atoms in total. The number of aromatic nitrogens is 2. The van der Waals surface area contributed by atoms with Gasteiger partial charge in [-0.3, -0.25) is 0 Å². The number of rotatable bonds is 2. The van der Waals surface area contributed by atoms with Gasteiger partial charge in [0.1, 0.15) is 0 Å². The number of anilines is 1. The zero-order valence-corrected chi connectivity index (χ0v) is 9.73. The lowest BCUT2D eigenvalue weighted by atomic mass is 10.3. The third-order valence-corrected chi connectivity index (χ3v) is 3.41. The van der Waals surface area contributed by atoms with Crippen LogP contribution in [0, 0.1) is 0 Å². The molecule has 2 rings (SSSR count). The number of halogens is 1. The van der Waals surface area contributed by atoms with Crippen LogP contribution in [0.1, 0.15) is 6.42 Å². The van der Waals surface area contributed by atoms with Crippen LogP contribution in [0.5, 0.6) is 0 Å². The Morgan fingerprint density at radius 2 is 2.46 bits per heavy atom. The summed E-state index contributed by atoms with van der Waals surface area (Å²) in [5.41, 5.74) is 0. The summed E-state index contributed by atoms with van der Waals surface area (Å²) in [7, 11) is 2.14. The third kappa shape index (κ3) is 2.38. The van der Waals surface area contributed by atoms with Gasteiger partial charge in [-0.05, 0) is 35.9 Å². The van der Waals surface area contributed by atoms with E-state index in [1.54, 1.807) is 11.3 Å². The Kier molecular flexibility index (Phi) is 2.80. The molecule has 1 N–H and O–H groups in total. The Labute approximate surface area is 89.5 Å². The zero-order chi connectivity index (χ0) is 9.26. The SMILES string of the molecule is CN1CCC(Nc2nnc(Br)s2)C1. The van der Waals surface area contributed by atoms with Gasteiger partial charge in [-0.2, -0.15) is 0 Å². The lowest BCUT2D eigenvalue weighted by Gasteiger charge is -2.10. The predicted octanol–water partition coefficient (Wildman–Crippen LogP) is 1.42. The molecule has 0 spiro atoms. The second-order valence-corrected chi connectivity index (χ2v) is 5.51. The van der Waals surface area contributed by atoms with Gasteiger partial charge in [0.15, 0.2) is 3.92 Å². The summed E-state index contributed by atoms with van der Waals surface area (Å²) in [5.74, 6) is 0. The first-order valence-electron chi connectivity index (χ1n) is 4.18. The molecular formula is C7H11BrN4S. The smallest absolute Gasteiger partial charge is 0.206 e. The molecule has 0 bridgehead atoms. The minimum absolute atomic E-state index is 0.532. The largest absolute Gasteiger partial charge is 0.356 e. The van der Waals surface area contributed by atoms with Crippen LogP contribution in [0.4, 0.5) is 5.13 Å². The molecule has 1 unspecified atom stereocenters. The summed E-state index contributed by atoms with van der Waals surface area (Å²) >= 11 is 4.83. The van der Waals surface area contributed by atoms with Gasteiger partial charge >= 0.3 is 0 Å². The summed E-state index contributed by atoms with van der Waals surface area (Å²) in [6.45, 7) is 2.26. The van der Waals surface area contributed by atoms with Gasteiger partial charge in [0.25, 0.3) is 0 Å². The summed E-state index contributed by atoms with van der Waals surface area (Å²) < 4.78 is 0.835. The van der Waals surface area contributed by atoms with Crippen LogP contribution in [0.2, 0.25) is 0 Å². The molecule has 72 valence electrons. The number of hydrogen-bond acceptors (Lipinski definition) is 5. The van der Waals surface area contributed by atoms with E-state index in [2.05, 4.69) is 43.4 Å². The van der Waals surface area contributed by atoms with Crippen molar-refractivity contribution < 1.29 is 0 Å². The molecule has 1 aromatic heterocycles. The van der Waals surface area contributed by atoms with Crippen LogP contribution in [-0.2, 0) is 0 Å². The topological polar surface area (TPSA) is 41.0 Å². The summed E-state index contributed by atoms with van der Waals surface area (Å²) in [5, 5.41) is 12.2. The second kappa shape index (κ2) is 3.89. The molecule has 1 fully saturated rings. The molecule has 0 radical (unpaired) electrons. The maximum absolute atomic E-state index is 4.00. The Morgan fingerprint density at radius 3 is 3.00 bits per heavy atom. The average Bonchev–Trinajstić information content (AvgIpc) is 2.62. The molecule has 1 aromatic rings. The molecule has 2 heterocycles. The van der Waals surface area contributed by atoms with Crippen molar-refractivity contribution in [1.29, 1.82) is 0 Å². The Bertz CT molecular complexity index is 290. The fraction of sp³-hybridized carbons (Fsp3) is 0.714. The van der Waals surface area contributed by atoms with Crippen LogP contribution in [0.15, 0.2) is 3.92 Å². The fourth-order valence-corrected chi connectivity index (χ4v) is 2.58. The molecule has 1 saturated heterocycles. The maximum Gasteiger partial charge on any atom is 0.206 e. The molecule has 0 amide bonds. The Balaban J connectivity index is 1.91. The van der Waals surface area contributed by atoms with Gasteiger partial charge in [0, 0.05) is 12.6 Å². The van der Waals surface area contributed by atoms with Crippen LogP contribution < -0.4 is 5.32 Å². The highest BCUT2D eigenvalue weighted by atomic mass is 79.9. The first-order valence-corrected chi connectivity index (χ1v) is 5.79. The van der Waals surface area contributed by atoms with E-state index in [1.807, 2.05) is 0 Å². The minimum Gasteiger partial charge on any atom is -0.356 e. The molecule has 1 aliphatic heterocycles. The fourth-order valence-electron chi connectivity index (χ4n) is 1.49. The number of nitrogens with one attached hydrogen (secondary N) is 1. The molecule has 1 aliphatic rings. The molecule has 1 atom stereocenters. The van der Waals surface area contributed by atoms with E-state index in [1.165, 1.54) is 6.42 Å². The highest BCUT2D eigenvalue weighted by molar-refractivity contribution is 9.11. The highest BCUT2D eigenvalue weighted by Crippen LogP contribution is 2.22. The minimum atomic E-state index is 0.532. The van der Waals surface area contributed by atoms with Crippen molar-refractivity contribution in [3.63, 3.8) is 0 Å². The first kappa shape index (κ1) is 9.36. The number of nitrogens with zero attached hydrogens (tertiary/aromatic N) is 3.